The van der Waals surface area contributed by atoms with Gasteiger partial charge >= 0.3 is 0 Å². The van der Waals surface area contributed by atoms with E-state index in [0.29, 0.717) is 29.8 Å². The second-order valence-corrected chi connectivity index (χ2v) is 7.49. The van der Waals surface area contributed by atoms with E-state index in [9.17, 15) is 13.2 Å². The van der Waals surface area contributed by atoms with E-state index in [1.54, 1.807) is 18.2 Å². The molecular weight excluding hydrogens is 298 g/mol. The topological polar surface area (TPSA) is 63.2 Å². The molecule has 0 saturated heterocycles. The summed E-state index contributed by atoms with van der Waals surface area (Å²) in [6.07, 6.45) is 1.32. The molecule has 22 heavy (non-hydrogen) atoms. The molecule has 2 aromatic carbocycles. The lowest BCUT2D eigenvalue weighted by molar-refractivity contribution is 0.0950. The molecule has 2 aromatic rings. The van der Waals surface area contributed by atoms with Crippen LogP contribution in [0.1, 0.15) is 27.9 Å². The largest absolute Gasteiger partial charge is 0.348 e. The van der Waals surface area contributed by atoms with Crippen LogP contribution in [0.2, 0.25) is 0 Å². The monoisotopic (exact) mass is 315 g/mol. The van der Waals surface area contributed by atoms with Crippen LogP contribution < -0.4 is 5.32 Å². The van der Waals surface area contributed by atoms with Gasteiger partial charge in [-0.25, -0.2) is 8.42 Å². The first-order valence-corrected chi connectivity index (χ1v) is 8.89. The van der Waals surface area contributed by atoms with Crippen molar-refractivity contribution < 1.29 is 13.2 Å². The molecule has 1 amide bonds. The molecule has 1 aliphatic rings. The molecule has 0 aliphatic carbocycles. The van der Waals surface area contributed by atoms with E-state index in [1.807, 2.05) is 30.3 Å². The zero-order valence-electron chi connectivity index (χ0n) is 12.1. The standard InChI is InChI=1S/C17H17NO3S/c19-17(18-12-13-5-2-1-3-6-13)15-8-9-16-14(11-15)7-4-10-22(16,20)21/h1-3,5-6,8-9,11H,4,7,10,12H2,(H,18,19). The lowest BCUT2D eigenvalue weighted by Gasteiger charge is -2.17. The van der Waals surface area contributed by atoms with Crippen molar-refractivity contribution >= 4 is 15.7 Å². The zero-order valence-corrected chi connectivity index (χ0v) is 12.9. The Kier molecular flexibility index (Phi) is 3.98. The Balaban J connectivity index is 1.77. The molecule has 0 aromatic heterocycles. The molecule has 1 aliphatic heterocycles. The van der Waals surface area contributed by atoms with E-state index in [1.165, 1.54) is 0 Å². The Morgan fingerprint density at radius 3 is 2.64 bits per heavy atom. The summed E-state index contributed by atoms with van der Waals surface area (Å²) in [6, 6.07) is 14.5. The van der Waals surface area contributed by atoms with Gasteiger partial charge in [0.1, 0.15) is 0 Å². The SMILES string of the molecule is O=C(NCc1ccccc1)c1ccc2c(c1)CCCS2(=O)=O. The first kappa shape index (κ1) is 14.8. The molecule has 4 nitrogen and oxygen atoms in total. The molecule has 0 saturated carbocycles. The fraction of sp³-hybridized carbons (Fsp3) is 0.235. The summed E-state index contributed by atoms with van der Waals surface area (Å²) in [4.78, 5) is 12.6. The lowest BCUT2D eigenvalue weighted by atomic mass is 10.1. The number of rotatable bonds is 3. The van der Waals surface area contributed by atoms with Crippen molar-refractivity contribution in [1.82, 2.24) is 5.32 Å². The minimum absolute atomic E-state index is 0.186. The second-order valence-electron chi connectivity index (χ2n) is 5.41. The number of nitrogens with one attached hydrogen (secondary N) is 1. The predicted octanol–water partition coefficient (Wildman–Crippen LogP) is 2.34. The molecule has 0 radical (unpaired) electrons. The summed E-state index contributed by atoms with van der Waals surface area (Å²) in [6.45, 7) is 0.453. The van der Waals surface area contributed by atoms with Crippen LogP contribution in [0.5, 0.6) is 0 Å². The van der Waals surface area contributed by atoms with Crippen LogP contribution in [0.4, 0.5) is 0 Å². The second kappa shape index (κ2) is 5.93. The van der Waals surface area contributed by atoms with Crippen molar-refractivity contribution in [2.45, 2.75) is 24.3 Å². The first-order chi connectivity index (χ1) is 10.6. The number of fused-ring (bicyclic) bond motifs is 1. The molecule has 0 bridgehead atoms. The Morgan fingerprint density at radius 1 is 1.09 bits per heavy atom. The van der Waals surface area contributed by atoms with Gasteiger partial charge in [-0.05, 0) is 42.2 Å². The predicted molar refractivity (Wildman–Crippen MR) is 84.4 cm³/mol. The van der Waals surface area contributed by atoms with Crippen molar-refractivity contribution in [2.75, 3.05) is 5.75 Å². The number of amides is 1. The Hall–Kier alpha value is -2.14. The molecule has 0 atom stereocenters. The number of aryl methyl sites for hydroxylation is 1. The van der Waals surface area contributed by atoms with Crippen molar-refractivity contribution in [3.05, 3.63) is 65.2 Å². The molecule has 1 heterocycles. The van der Waals surface area contributed by atoms with Crippen LogP contribution in [-0.4, -0.2) is 20.1 Å². The fourth-order valence-corrected chi connectivity index (χ4v) is 4.24. The summed E-state index contributed by atoms with van der Waals surface area (Å²) in [5, 5.41) is 2.85. The zero-order chi connectivity index (χ0) is 15.6. The molecule has 0 fully saturated rings. The third kappa shape index (κ3) is 3.04. The average molecular weight is 315 g/mol. The number of benzene rings is 2. The normalized spacial score (nSPS) is 15.8. The van der Waals surface area contributed by atoms with E-state index in [0.717, 1.165) is 11.1 Å². The average Bonchev–Trinajstić information content (AvgIpc) is 2.53. The van der Waals surface area contributed by atoms with Gasteiger partial charge in [-0.2, -0.15) is 0 Å². The lowest BCUT2D eigenvalue weighted by Crippen LogP contribution is -2.24. The van der Waals surface area contributed by atoms with Crippen LogP contribution in [0.3, 0.4) is 0 Å². The molecule has 3 rings (SSSR count). The van der Waals surface area contributed by atoms with E-state index in [-0.39, 0.29) is 11.7 Å². The Bertz CT molecular complexity index is 798. The number of hydrogen-bond donors (Lipinski definition) is 1. The number of carbonyl (C=O) groups is 1. The van der Waals surface area contributed by atoms with Crippen molar-refractivity contribution in [2.24, 2.45) is 0 Å². The van der Waals surface area contributed by atoms with E-state index in [4.69, 9.17) is 0 Å². The van der Waals surface area contributed by atoms with Crippen LogP contribution in [0.25, 0.3) is 0 Å². The van der Waals surface area contributed by atoms with Crippen molar-refractivity contribution in [3.8, 4) is 0 Å². The Labute approximate surface area is 130 Å². The highest BCUT2D eigenvalue weighted by molar-refractivity contribution is 7.91. The van der Waals surface area contributed by atoms with Crippen molar-refractivity contribution in [3.63, 3.8) is 0 Å². The van der Waals surface area contributed by atoms with Gasteiger partial charge in [0.2, 0.25) is 0 Å². The summed E-state index contributed by atoms with van der Waals surface area (Å²) in [5.41, 5.74) is 2.28. The van der Waals surface area contributed by atoms with Crippen LogP contribution in [0.15, 0.2) is 53.4 Å². The summed E-state index contributed by atoms with van der Waals surface area (Å²) in [7, 11) is -3.17. The minimum Gasteiger partial charge on any atom is -0.348 e. The van der Waals surface area contributed by atoms with Crippen LogP contribution in [0, 0.1) is 0 Å². The third-order valence-electron chi connectivity index (χ3n) is 3.81. The minimum atomic E-state index is -3.17. The van der Waals surface area contributed by atoms with Gasteiger partial charge in [-0.15, -0.1) is 0 Å². The molecule has 1 N–H and O–H groups in total. The number of carbonyl (C=O) groups excluding carboxylic acids is 1. The maximum Gasteiger partial charge on any atom is 0.251 e. The van der Waals surface area contributed by atoms with Gasteiger partial charge < -0.3 is 5.32 Å². The highest BCUT2D eigenvalue weighted by Crippen LogP contribution is 2.25. The molecule has 0 unspecified atom stereocenters. The van der Waals surface area contributed by atoms with Gasteiger partial charge in [0.05, 0.1) is 10.6 Å². The number of sulfone groups is 1. The van der Waals surface area contributed by atoms with Gasteiger partial charge in [0, 0.05) is 12.1 Å². The highest BCUT2D eigenvalue weighted by atomic mass is 32.2. The van der Waals surface area contributed by atoms with E-state index >= 15 is 0 Å². The quantitative estimate of drug-likeness (QED) is 0.945. The van der Waals surface area contributed by atoms with Gasteiger partial charge in [-0.1, -0.05) is 30.3 Å². The smallest absolute Gasteiger partial charge is 0.251 e. The van der Waals surface area contributed by atoms with Gasteiger partial charge in [0.25, 0.3) is 5.91 Å². The van der Waals surface area contributed by atoms with Gasteiger partial charge in [-0.3, -0.25) is 4.79 Å². The molecule has 0 spiro atoms. The van der Waals surface area contributed by atoms with E-state index < -0.39 is 9.84 Å². The number of hydrogen-bond acceptors (Lipinski definition) is 3. The first-order valence-electron chi connectivity index (χ1n) is 7.24. The summed E-state index contributed by atoms with van der Waals surface area (Å²) >= 11 is 0. The van der Waals surface area contributed by atoms with Crippen molar-refractivity contribution in [1.29, 1.82) is 0 Å². The molecular formula is C17H17NO3S. The summed E-state index contributed by atoms with van der Waals surface area (Å²) in [5.74, 6) is 0.00847. The molecule has 5 heteroatoms. The third-order valence-corrected chi connectivity index (χ3v) is 5.71. The maximum atomic E-state index is 12.2. The Morgan fingerprint density at radius 2 is 1.86 bits per heavy atom. The fourth-order valence-electron chi connectivity index (χ4n) is 2.66. The van der Waals surface area contributed by atoms with Crippen LogP contribution in [-0.2, 0) is 22.8 Å². The summed E-state index contributed by atoms with van der Waals surface area (Å²) < 4.78 is 23.9. The highest BCUT2D eigenvalue weighted by Gasteiger charge is 2.24. The molecule has 114 valence electrons. The van der Waals surface area contributed by atoms with Gasteiger partial charge in [0.15, 0.2) is 9.84 Å². The van der Waals surface area contributed by atoms with E-state index in [2.05, 4.69) is 5.32 Å². The maximum absolute atomic E-state index is 12.2. The van der Waals surface area contributed by atoms with Crippen LogP contribution >= 0.6 is 0 Å².